The van der Waals surface area contributed by atoms with Crippen molar-refractivity contribution in [1.29, 1.82) is 0 Å². The summed E-state index contributed by atoms with van der Waals surface area (Å²) in [7, 11) is 0. The number of nitrogens with zero attached hydrogens (tertiary/aromatic N) is 3. The SMILES string of the molecule is Fc1ccc(-c2nc3sccn3c2-c2nc3ccccc3s2)cc1. The standard InChI is InChI=1S/C18H10FN3S2/c19-12-7-5-11(6-8-12)15-16(22-9-10-23-18(22)21-15)17-20-13-3-1-2-4-14(13)24-17/h1-10H. The lowest BCUT2D eigenvalue weighted by Gasteiger charge is -2.01. The number of aromatic nitrogens is 3. The minimum Gasteiger partial charge on any atom is -0.287 e. The summed E-state index contributed by atoms with van der Waals surface area (Å²) in [5, 5.41) is 2.93. The van der Waals surface area contributed by atoms with Gasteiger partial charge in [-0.2, -0.15) is 0 Å². The number of fused-ring (bicyclic) bond motifs is 2. The largest absolute Gasteiger partial charge is 0.287 e. The number of imidazole rings is 1. The van der Waals surface area contributed by atoms with Crippen molar-refractivity contribution in [2.75, 3.05) is 0 Å². The zero-order valence-corrected chi connectivity index (χ0v) is 13.9. The molecule has 0 spiro atoms. The summed E-state index contributed by atoms with van der Waals surface area (Å²) < 4.78 is 16.5. The van der Waals surface area contributed by atoms with E-state index in [0.717, 1.165) is 37.1 Å². The van der Waals surface area contributed by atoms with Gasteiger partial charge < -0.3 is 0 Å². The van der Waals surface area contributed by atoms with Crippen molar-refractivity contribution < 1.29 is 4.39 Å². The molecule has 0 saturated heterocycles. The maximum atomic E-state index is 13.3. The molecule has 6 heteroatoms. The average molecular weight is 351 g/mol. The highest BCUT2D eigenvalue weighted by Crippen LogP contribution is 2.38. The van der Waals surface area contributed by atoms with Crippen LogP contribution in [0.1, 0.15) is 0 Å². The van der Waals surface area contributed by atoms with Crippen LogP contribution in [0.3, 0.4) is 0 Å². The minimum atomic E-state index is -0.249. The zero-order valence-electron chi connectivity index (χ0n) is 12.3. The topological polar surface area (TPSA) is 30.2 Å². The second-order valence-corrected chi connectivity index (χ2v) is 7.26. The molecule has 24 heavy (non-hydrogen) atoms. The van der Waals surface area contributed by atoms with Crippen molar-refractivity contribution >= 4 is 37.9 Å². The summed E-state index contributed by atoms with van der Waals surface area (Å²) in [6, 6.07) is 14.5. The summed E-state index contributed by atoms with van der Waals surface area (Å²) in [6.07, 6.45) is 2.00. The van der Waals surface area contributed by atoms with E-state index in [1.807, 2.05) is 29.8 Å². The molecule has 3 aromatic heterocycles. The van der Waals surface area contributed by atoms with Crippen LogP contribution >= 0.6 is 22.7 Å². The van der Waals surface area contributed by atoms with E-state index in [1.165, 1.54) is 12.1 Å². The van der Waals surface area contributed by atoms with Crippen molar-refractivity contribution in [3.63, 3.8) is 0 Å². The van der Waals surface area contributed by atoms with Crippen LogP contribution in [-0.4, -0.2) is 14.4 Å². The first-order chi connectivity index (χ1) is 11.8. The van der Waals surface area contributed by atoms with E-state index in [0.29, 0.717) is 0 Å². The van der Waals surface area contributed by atoms with Gasteiger partial charge in [0.1, 0.15) is 22.2 Å². The van der Waals surface area contributed by atoms with Crippen LogP contribution < -0.4 is 0 Å². The Labute approximate surface area is 144 Å². The number of thiazole rings is 2. The number of rotatable bonds is 2. The van der Waals surface area contributed by atoms with Crippen molar-refractivity contribution in [2.45, 2.75) is 0 Å². The number of halogens is 1. The number of benzene rings is 2. The van der Waals surface area contributed by atoms with Crippen LogP contribution in [0, 0.1) is 5.82 Å². The van der Waals surface area contributed by atoms with Gasteiger partial charge in [0.05, 0.1) is 10.2 Å². The Hall–Kier alpha value is -2.57. The Morgan fingerprint density at radius 1 is 0.958 bits per heavy atom. The molecule has 3 heterocycles. The van der Waals surface area contributed by atoms with E-state index in [9.17, 15) is 4.39 Å². The first kappa shape index (κ1) is 13.8. The number of hydrogen-bond donors (Lipinski definition) is 0. The second-order valence-electron chi connectivity index (χ2n) is 5.36. The highest BCUT2D eigenvalue weighted by atomic mass is 32.1. The summed E-state index contributed by atoms with van der Waals surface area (Å²) in [6.45, 7) is 0. The fourth-order valence-electron chi connectivity index (χ4n) is 2.77. The normalized spacial score (nSPS) is 11.5. The monoisotopic (exact) mass is 351 g/mol. The predicted molar refractivity (Wildman–Crippen MR) is 97.1 cm³/mol. The van der Waals surface area contributed by atoms with Gasteiger partial charge in [-0.3, -0.25) is 4.40 Å². The third-order valence-electron chi connectivity index (χ3n) is 3.88. The molecular weight excluding hydrogens is 341 g/mol. The third-order valence-corrected chi connectivity index (χ3v) is 5.68. The molecule has 0 aliphatic rings. The number of para-hydroxylation sites is 1. The van der Waals surface area contributed by atoms with Gasteiger partial charge in [-0.1, -0.05) is 12.1 Å². The van der Waals surface area contributed by atoms with Crippen LogP contribution in [0.5, 0.6) is 0 Å². The lowest BCUT2D eigenvalue weighted by molar-refractivity contribution is 0.628. The Morgan fingerprint density at radius 2 is 1.79 bits per heavy atom. The molecule has 0 N–H and O–H groups in total. The predicted octanol–water partition coefficient (Wildman–Crippen LogP) is 5.48. The van der Waals surface area contributed by atoms with Crippen LogP contribution in [-0.2, 0) is 0 Å². The van der Waals surface area contributed by atoms with Crippen LogP contribution in [0.15, 0.2) is 60.1 Å². The molecule has 5 rings (SSSR count). The molecule has 0 aliphatic heterocycles. The lowest BCUT2D eigenvalue weighted by atomic mass is 10.1. The summed E-state index contributed by atoms with van der Waals surface area (Å²) >= 11 is 3.22. The first-order valence-electron chi connectivity index (χ1n) is 7.37. The Kier molecular flexibility index (Phi) is 3.01. The van der Waals surface area contributed by atoms with Crippen molar-refractivity contribution in [1.82, 2.24) is 14.4 Å². The molecular formula is C18H10FN3S2. The van der Waals surface area contributed by atoms with Gasteiger partial charge in [0.2, 0.25) is 0 Å². The second kappa shape index (κ2) is 5.22. The molecule has 0 aliphatic carbocycles. The van der Waals surface area contributed by atoms with Gasteiger partial charge in [-0.25, -0.2) is 14.4 Å². The van der Waals surface area contributed by atoms with Gasteiger partial charge in [0.25, 0.3) is 0 Å². The zero-order chi connectivity index (χ0) is 16.1. The van der Waals surface area contributed by atoms with Gasteiger partial charge >= 0.3 is 0 Å². The Morgan fingerprint density at radius 3 is 2.62 bits per heavy atom. The average Bonchev–Trinajstić information content (AvgIpc) is 3.28. The number of hydrogen-bond acceptors (Lipinski definition) is 4. The Balaban J connectivity index is 1.81. The maximum absolute atomic E-state index is 13.3. The third kappa shape index (κ3) is 2.07. The fourth-order valence-corrected chi connectivity index (χ4v) is 4.50. The fraction of sp³-hybridized carbons (Fsp3) is 0. The molecule has 2 aromatic carbocycles. The summed E-state index contributed by atoms with van der Waals surface area (Å²) in [5.41, 5.74) is 3.66. The van der Waals surface area contributed by atoms with E-state index in [1.54, 1.807) is 34.8 Å². The lowest BCUT2D eigenvalue weighted by Crippen LogP contribution is -1.87. The molecule has 0 fully saturated rings. The smallest absolute Gasteiger partial charge is 0.194 e. The van der Waals surface area contributed by atoms with Crippen LogP contribution in [0.2, 0.25) is 0 Å². The summed E-state index contributed by atoms with van der Waals surface area (Å²) in [5.74, 6) is -0.249. The van der Waals surface area contributed by atoms with E-state index >= 15 is 0 Å². The Bertz CT molecular complexity index is 1140. The highest BCUT2D eigenvalue weighted by molar-refractivity contribution is 7.21. The van der Waals surface area contributed by atoms with Gasteiger partial charge in [-0.05, 0) is 36.4 Å². The van der Waals surface area contributed by atoms with E-state index in [2.05, 4.69) is 10.5 Å². The van der Waals surface area contributed by atoms with Gasteiger partial charge in [0.15, 0.2) is 4.96 Å². The van der Waals surface area contributed by atoms with E-state index < -0.39 is 0 Å². The molecule has 3 nitrogen and oxygen atoms in total. The molecule has 0 saturated carbocycles. The molecule has 0 amide bonds. The highest BCUT2D eigenvalue weighted by Gasteiger charge is 2.19. The van der Waals surface area contributed by atoms with Gasteiger partial charge in [0, 0.05) is 17.1 Å². The molecule has 0 atom stereocenters. The molecule has 116 valence electrons. The van der Waals surface area contributed by atoms with Crippen molar-refractivity contribution in [3.8, 4) is 22.0 Å². The summed E-state index contributed by atoms with van der Waals surface area (Å²) in [4.78, 5) is 10.4. The van der Waals surface area contributed by atoms with E-state index in [4.69, 9.17) is 9.97 Å². The maximum Gasteiger partial charge on any atom is 0.194 e. The van der Waals surface area contributed by atoms with Crippen molar-refractivity contribution in [2.24, 2.45) is 0 Å². The molecule has 5 aromatic rings. The van der Waals surface area contributed by atoms with Gasteiger partial charge in [-0.15, -0.1) is 22.7 Å². The van der Waals surface area contributed by atoms with Crippen LogP contribution in [0.25, 0.3) is 37.1 Å². The molecule has 0 radical (unpaired) electrons. The first-order valence-corrected chi connectivity index (χ1v) is 9.07. The van der Waals surface area contributed by atoms with Crippen molar-refractivity contribution in [3.05, 3.63) is 65.9 Å². The minimum absolute atomic E-state index is 0.249. The quantitative estimate of drug-likeness (QED) is 0.422. The molecule has 0 bridgehead atoms. The van der Waals surface area contributed by atoms with E-state index in [-0.39, 0.29) is 5.82 Å². The van der Waals surface area contributed by atoms with Crippen LogP contribution in [0.4, 0.5) is 4.39 Å². The molecule has 0 unspecified atom stereocenters.